The fourth-order valence-corrected chi connectivity index (χ4v) is 2.37. The highest BCUT2D eigenvalue weighted by molar-refractivity contribution is 5.83. The van der Waals surface area contributed by atoms with Gasteiger partial charge in [-0.25, -0.2) is 4.68 Å². The molecule has 0 bridgehead atoms. The van der Waals surface area contributed by atoms with Crippen molar-refractivity contribution in [3.63, 3.8) is 0 Å². The number of hydrogen-bond donors (Lipinski definition) is 1. The fraction of sp³-hybridized carbons (Fsp3) is 0.222. The highest BCUT2D eigenvalue weighted by Crippen LogP contribution is 2.09. The lowest BCUT2D eigenvalue weighted by Gasteiger charge is -2.13. The quantitative estimate of drug-likeness (QED) is 0.691. The standard InChI is InChI=1S/C18H18N4O3/c1-13(18(24)19-11-14-7-3-2-4-8-14)25-17(23)12-22-16-10-6-5-9-15(16)20-21-22/h2-10,13H,11-12H2,1H3,(H,19,24)/t13-/m1/s1. The first-order chi connectivity index (χ1) is 12.1. The van der Waals surface area contributed by atoms with E-state index in [2.05, 4.69) is 15.6 Å². The molecule has 0 unspecified atom stereocenters. The van der Waals surface area contributed by atoms with Crippen LogP contribution in [0.2, 0.25) is 0 Å². The second-order valence-corrected chi connectivity index (χ2v) is 5.57. The van der Waals surface area contributed by atoms with Crippen LogP contribution in [0.25, 0.3) is 11.0 Å². The van der Waals surface area contributed by atoms with Crippen molar-refractivity contribution in [2.75, 3.05) is 0 Å². The van der Waals surface area contributed by atoms with Crippen molar-refractivity contribution in [1.29, 1.82) is 0 Å². The van der Waals surface area contributed by atoms with Gasteiger partial charge in [-0.2, -0.15) is 0 Å². The van der Waals surface area contributed by atoms with Crippen LogP contribution in [0.3, 0.4) is 0 Å². The average Bonchev–Trinajstić information content (AvgIpc) is 3.03. The van der Waals surface area contributed by atoms with Crippen LogP contribution in [0, 0.1) is 0 Å². The number of hydrogen-bond acceptors (Lipinski definition) is 5. The van der Waals surface area contributed by atoms with Crippen LogP contribution in [0.4, 0.5) is 0 Å². The van der Waals surface area contributed by atoms with Gasteiger partial charge in [0.25, 0.3) is 5.91 Å². The molecule has 1 atom stereocenters. The van der Waals surface area contributed by atoms with Gasteiger partial charge in [0.15, 0.2) is 6.10 Å². The molecule has 1 aromatic heterocycles. The number of nitrogens with one attached hydrogen (secondary N) is 1. The summed E-state index contributed by atoms with van der Waals surface area (Å²) in [6.45, 7) is 1.82. The lowest BCUT2D eigenvalue weighted by molar-refractivity contribution is -0.155. The first-order valence-electron chi connectivity index (χ1n) is 7.93. The van der Waals surface area contributed by atoms with Crippen molar-refractivity contribution >= 4 is 22.9 Å². The molecule has 0 aliphatic heterocycles. The Hall–Kier alpha value is -3.22. The molecule has 0 saturated heterocycles. The monoisotopic (exact) mass is 338 g/mol. The molecule has 0 aliphatic carbocycles. The van der Waals surface area contributed by atoms with E-state index in [0.29, 0.717) is 12.1 Å². The maximum Gasteiger partial charge on any atom is 0.328 e. The lowest BCUT2D eigenvalue weighted by Crippen LogP contribution is -2.36. The molecule has 0 radical (unpaired) electrons. The minimum atomic E-state index is -0.883. The third-order valence-electron chi connectivity index (χ3n) is 3.69. The summed E-state index contributed by atoms with van der Waals surface area (Å²) in [5.74, 6) is -0.890. The molecule has 0 spiro atoms. The molecule has 0 aliphatic rings. The number of para-hydroxylation sites is 1. The van der Waals surface area contributed by atoms with Crippen molar-refractivity contribution in [3.8, 4) is 0 Å². The summed E-state index contributed by atoms with van der Waals surface area (Å²) in [7, 11) is 0. The summed E-state index contributed by atoms with van der Waals surface area (Å²) in [4.78, 5) is 24.1. The summed E-state index contributed by atoms with van der Waals surface area (Å²) in [6, 6.07) is 16.8. The molecule has 128 valence electrons. The molecule has 0 fully saturated rings. The van der Waals surface area contributed by atoms with Gasteiger partial charge in [0.2, 0.25) is 0 Å². The topological polar surface area (TPSA) is 86.1 Å². The normalized spacial score (nSPS) is 11.9. The van der Waals surface area contributed by atoms with Crippen LogP contribution in [0.1, 0.15) is 12.5 Å². The summed E-state index contributed by atoms with van der Waals surface area (Å²) in [5, 5.41) is 10.6. The number of benzene rings is 2. The third kappa shape index (κ3) is 4.20. The minimum Gasteiger partial charge on any atom is -0.451 e. The van der Waals surface area contributed by atoms with Gasteiger partial charge in [-0.3, -0.25) is 9.59 Å². The molecule has 1 N–H and O–H groups in total. The van der Waals surface area contributed by atoms with E-state index in [0.717, 1.165) is 11.1 Å². The van der Waals surface area contributed by atoms with Gasteiger partial charge in [0.1, 0.15) is 12.1 Å². The molecule has 2 aromatic carbocycles. The maximum absolute atomic E-state index is 12.1. The van der Waals surface area contributed by atoms with Crippen molar-refractivity contribution in [3.05, 3.63) is 60.2 Å². The SMILES string of the molecule is C[C@@H](OC(=O)Cn1nnc2ccccc21)C(=O)NCc1ccccc1. The molecule has 1 amide bonds. The number of ether oxygens (including phenoxy) is 1. The van der Waals surface area contributed by atoms with E-state index in [1.54, 1.807) is 0 Å². The number of aromatic nitrogens is 3. The van der Waals surface area contributed by atoms with Gasteiger partial charge in [-0.1, -0.05) is 47.7 Å². The zero-order valence-electron chi connectivity index (χ0n) is 13.8. The zero-order valence-corrected chi connectivity index (χ0v) is 13.8. The summed E-state index contributed by atoms with van der Waals surface area (Å²) < 4.78 is 6.63. The van der Waals surface area contributed by atoms with E-state index in [9.17, 15) is 9.59 Å². The van der Waals surface area contributed by atoms with Crippen LogP contribution >= 0.6 is 0 Å². The van der Waals surface area contributed by atoms with Crippen molar-refractivity contribution in [2.45, 2.75) is 26.1 Å². The predicted octanol–water partition coefficient (Wildman–Crippen LogP) is 1.68. The second-order valence-electron chi connectivity index (χ2n) is 5.57. The molecule has 7 nitrogen and oxygen atoms in total. The first kappa shape index (κ1) is 16.6. The van der Waals surface area contributed by atoms with E-state index in [1.807, 2.05) is 54.6 Å². The second kappa shape index (κ2) is 7.57. The smallest absolute Gasteiger partial charge is 0.328 e. The third-order valence-corrected chi connectivity index (χ3v) is 3.69. The highest BCUT2D eigenvalue weighted by Gasteiger charge is 2.18. The molecular weight excluding hydrogens is 320 g/mol. The molecule has 3 rings (SSSR count). The number of carbonyl (C=O) groups is 2. The summed E-state index contributed by atoms with van der Waals surface area (Å²) in [5.41, 5.74) is 2.41. The Kier molecular flexibility index (Phi) is 5.03. The van der Waals surface area contributed by atoms with Crippen molar-refractivity contribution in [2.24, 2.45) is 0 Å². The van der Waals surface area contributed by atoms with Gasteiger partial charge in [-0.05, 0) is 24.6 Å². The van der Waals surface area contributed by atoms with Crippen molar-refractivity contribution < 1.29 is 14.3 Å². The minimum absolute atomic E-state index is 0.100. The van der Waals surface area contributed by atoms with E-state index < -0.39 is 12.1 Å². The first-order valence-corrected chi connectivity index (χ1v) is 7.93. The number of amides is 1. The molecule has 3 aromatic rings. The van der Waals surface area contributed by atoms with Gasteiger partial charge in [0, 0.05) is 6.54 Å². The van der Waals surface area contributed by atoms with Crippen LogP contribution < -0.4 is 5.32 Å². The Morgan fingerprint density at radius 1 is 1.12 bits per heavy atom. The molecule has 7 heteroatoms. The van der Waals surface area contributed by atoms with Gasteiger partial charge >= 0.3 is 5.97 Å². The number of rotatable bonds is 6. The average molecular weight is 338 g/mol. The largest absolute Gasteiger partial charge is 0.451 e. The number of nitrogens with zero attached hydrogens (tertiary/aromatic N) is 3. The Labute approximate surface area is 144 Å². The Morgan fingerprint density at radius 2 is 1.84 bits per heavy atom. The van der Waals surface area contributed by atoms with E-state index in [1.165, 1.54) is 11.6 Å². The molecule has 0 saturated carbocycles. The predicted molar refractivity (Wildman–Crippen MR) is 91.4 cm³/mol. The van der Waals surface area contributed by atoms with E-state index >= 15 is 0 Å². The Balaban J connectivity index is 1.52. The van der Waals surface area contributed by atoms with E-state index in [4.69, 9.17) is 4.74 Å². The number of esters is 1. The van der Waals surface area contributed by atoms with Crippen molar-refractivity contribution in [1.82, 2.24) is 20.3 Å². The molecular formula is C18H18N4O3. The summed E-state index contributed by atoms with van der Waals surface area (Å²) >= 11 is 0. The Bertz CT molecular complexity index is 876. The molecule has 1 heterocycles. The zero-order chi connectivity index (χ0) is 17.6. The van der Waals surface area contributed by atoms with Gasteiger partial charge < -0.3 is 10.1 Å². The van der Waals surface area contributed by atoms with Crippen LogP contribution in [0.15, 0.2) is 54.6 Å². The fourth-order valence-electron chi connectivity index (χ4n) is 2.37. The van der Waals surface area contributed by atoms with Gasteiger partial charge in [0.05, 0.1) is 5.52 Å². The van der Waals surface area contributed by atoms with Crippen LogP contribution in [-0.4, -0.2) is 33.0 Å². The lowest BCUT2D eigenvalue weighted by atomic mass is 10.2. The summed E-state index contributed by atoms with van der Waals surface area (Å²) in [6.07, 6.45) is -0.883. The van der Waals surface area contributed by atoms with Gasteiger partial charge in [-0.15, -0.1) is 5.10 Å². The highest BCUT2D eigenvalue weighted by atomic mass is 16.5. The Morgan fingerprint density at radius 3 is 2.64 bits per heavy atom. The van der Waals surface area contributed by atoms with Crippen LogP contribution in [-0.2, 0) is 27.4 Å². The molecule has 25 heavy (non-hydrogen) atoms. The van der Waals surface area contributed by atoms with Crippen LogP contribution in [0.5, 0.6) is 0 Å². The van der Waals surface area contributed by atoms with E-state index in [-0.39, 0.29) is 12.5 Å². The number of carbonyl (C=O) groups excluding carboxylic acids is 2. The number of fused-ring (bicyclic) bond motifs is 1. The maximum atomic E-state index is 12.1.